The minimum absolute atomic E-state index is 0.00493. The summed E-state index contributed by atoms with van der Waals surface area (Å²) < 4.78 is 0. The lowest BCUT2D eigenvalue weighted by molar-refractivity contribution is -0.122. The molecule has 2 aromatic carbocycles. The van der Waals surface area contributed by atoms with Crippen LogP contribution in [0.2, 0.25) is 0 Å². The van der Waals surface area contributed by atoms with Crippen LogP contribution in [0.15, 0.2) is 54.7 Å². The Morgan fingerprint density at radius 2 is 1.87 bits per heavy atom. The van der Waals surface area contributed by atoms with Crippen LogP contribution in [-0.2, 0) is 4.79 Å². The molecular weight excluding hydrogens is 386 g/mol. The molecule has 5 nitrogen and oxygen atoms in total. The third-order valence-corrected chi connectivity index (χ3v) is 6.20. The van der Waals surface area contributed by atoms with Crippen molar-refractivity contribution in [2.45, 2.75) is 58.0 Å². The van der Waals surface area contributed by atoms with Gasteiger partial charge in [0.15, 0.2) is 0 Å². The van der Waals surface area contributed by atoms with Gasteiger partial charge in [-0.05, 0) is 31.0 Å². The van der Waals surface area contributed by atoms with Gasteiger partial charge >= 0.3 is 0 Å². The van der Waals surface area contributed by atoms with Gasteiger partial charge in [0.05, 0.1) is 6.04 Å². The molecule has 0 saturated carbocycles. The Balaban J connectivity index is 1.52. The van der Waals surface area contributed by atoms with Crippen LogP contribution >= 0.6 is 0 Å². The molecule has 2 N–H and O–H groups in total. The molecule has 0 radical (unpaired) electrons. The first-order valence-corrected chi connectivity index (χ1v) is 11.4. The first kappa shape index (κ1) is 21.2. The Bertz CT molecular complexity index is 1070. The minimum atomic E-state index is -0.186. The Morgan fingerprint density at radius 3 is 2.71 bits per heavy atom. The first-order valence-electron chi connectivity index (χ1n) is 11.4. The van der Waals surface area contributed by atoms with Gasteiger partial charge in [0.1, 0.15) is 0 Å². The summed E-state index contributed by atoms with van der Waals surface area (Å²) in [5, 5.41) is 4.20. The summed E-state index contributed by atoms with van der Waals surface area (Å²) in [4.78, 5) is 31.0. The van der Waals surface area contributed by atoms with Crippen LogP contribution in [-0.4, -0.2) is 34.3 Å². The number of amides is 2. The van der Waals surface area contributed by atoms with E-state index in [4.69, 9.17) is 0 Å². The lowest BCUT2D eigenvalue weighted by Gasteiger charge is -2.25. The highest BCUT2D eigenvalue weighted by Crippen LogP contribution is 2.41. The summed E-state index contributed by atoms with van der Waals surface area (Å²) in [6, 6.07) is 15.9. The maximum absolute atomic E-state index is 13.2. The summed E-state index contributed by atoms with van der Waals surface area (Å²) in [6.45, 7) is 4.63. The maximum Gasteiger partial charge on any atom is 0.255 e. The van der Waals surface area contributed by atoms with Gasteiger partial charge in [0.2, 0.25) is 5.91 Å². The van der Waals surface area contributed by atoms with E-state index >= 15 is 0 Å². The summed E-state index contributed by atoms with van der Waals surface area (Å²) in [7, 11) is 0. The van der Waals surface area contributed by atoms with Gasteiger partial charge in [0, 0.05) is 47.2 Å². The van der Waals surface area contributed by atoms with Gasteiger partial charge in [-0.3, -0.25) is 9.59 Å². The topological polar surface area (TPSA) is 65.2 Å². The van der Waals surface area contributed by atoms with E-state index in [1.165, 1.54) is 12.8 Å². The average molecular weight is 418 g/mol. The number of hydrogen-bond donors (Lipinski definition) is 2. The fraction of sp³-hybridized carbons (Fsp3) is 0.385. The number of aromatic amines is 1. The lowest BCUT2D eigenvalue weighted by atomic mass is 9.97. The second-order valence-corrected chi connectivity index (χ2v) is 8.49. The van der Waals surface area contributed by atoms with Gasteiger partial charge < -0.3 is 15.2 Å². The zero-order valence-electron chi connectivity index (χ0n) is 18.4. The molecule has 0 unspecified atom stereocenters. The first-order chi connectivity index (χ1) is 15.1. The van der Waals surface area contributed by atoms with Crippen LogP contribution in [0.3, 0.4) is 0 Å². The number of nitrogens with one attached hydrogen (secondary N) is 2. The van der Waals surface area contributed by atoms with Gasteiger partial charge in [-0.2, -0.15) is 0 Å². The molecule has 2 heterocycles. The molecule has 2 atom stereocenters. The monoisotopic (exact) mass is 417 g/mol. The van der Waals surface area contributed by atoms with Crippen LogP contribution in [0.4, 0.5) is 0 Å². The zero-order valence-corrected chi connectivity index (χ0v) is 18.4. The number of para-hydroxylation sites is 1. The number of rotatable bonds is 9. The molecule has 1 aromatic heterocycles. The number of nitrogens with zero attached hydrogens (tertiary/aromatic N) is 1. The molecule has 0 saturated heterocycles. The Hall–Kier alpha value is -3.08. The maximum atomic E-state index is 13.2. The number of H-pyrrole nitrogens is 1. The van der Waals surface area contributed by atoms with Crippen molar-refractivity contribution in [1.82, 2.24) is 15.2 Å². The number of hydrogen-bond acceptors (Lipinski definition) is 2. The van der Waals surface area contributed by atoms with Crippen molar-refractivity contribution in [2.75, 3.05) is 6.54 Å². The van der Waals surface area contributed by atoms with Gasteiger partial charge in [-0.15, -0.1) is 0 Å². The number of fused-ring (bicyclic) bond motifs is 2. The van der Waals surface area contributed by atoms with Crippen LogP contribution in [0.5, 0.6) is 0 Å². The van der Waals surface area contributed by atoms with Crippen LogP contribution in [0, 0.1) is 0 Å². The van der Waals surface area contributed by atoms with Crippen LogP contribution in [0.25, 0.3) is 10.9 Å². The van der Waals surface area contributed by atoms with E-state index < -0.39 is 0 Å². The lowest BCUT2D eigenvalue weighted by Crippen LogP contribution is -2.37. The van der Waals surface area contributed by atoms with Crippen molar-refractivity contribution >= 4 is 22.7 Å². The van der Waals surface area contributed by atoms with Crippen molar-refractivity contribution in [3.05, 3.63) is 71.4 Å². The Morgan fingerprint density at radius 1 is 1.10 bits per heavy atom. The van der Waals surface area contributed by atoms with E-state index in [-0.39, 0.29) is 23.9 Å². The summed E-state index contributed by atoms with van der Waals surface area (Å²) in [6.07, 6.45) is 6.77. The second-order valence-electron chi connectivity index (χ2n) is 8.49. The SMILES string of the molecule is CCCCC[C@H](C)NC(=O)CCN1C(=O)c2ccccc2[C@@H]1c1c[nH]c2ccccc12. The van der Waals surface area contributed by atoms with E-state index in [9.17, 15) is 9.59 Å². The fourth-order valence-electron chi connectivity index (χ4n) is 4.60. The molecule has 0 aliphatic carbocycles. The largest absolute Gasteiger partial charge is 0.361 e. The minimum Gasteiger partial charge on any atom is -0.361 e. The highest BCUT2D eigenvalue weighted by atomic mass is 16.2. The molecule has 31 heavy (non-hydrogen) atoms. The quantitative estimate of drug-likeness (QED) is 0.471. The van der Waals surface area contributed by atoms with Gasteiger partial charge in [-0.25, -0.2) is 0 Å². The van der Waals surface area contributed by atoms with E-state index in [1.54, 1.807) is 0 Å². The second kappa shape index (κ2) is 9.38. The van der Waals surface area contributed by atoms with E-state index in [0.29, 0.717) is 13.0 Å². The normalized spacial score (nSPS) is 16.5. The molecule has 0 bridgehead atoms. The molecule has 0 spiro atoms. The molecule has 3 aromatic rings. The number of benzene rings is 2. The van der Waals surface area contributed by atoms with E-state index in [1.807, 2.05) is 53.6 Å². The summed E-state index contributed by atoms with van der Waals surface area (Å²) in [5.74, 6) is 0.0000988. The molecule has 1 aliphatic rings. The molecule has 162 valence electrons. The predicted molar refractivity (Wildman–Crippen MR) is 124 cm³/mol. The Kier molecular flexibility index (Phi) is 6.40. The number of aromatic nitrogens is 1. The summed E-state index contributed by atoms with van der Waals surface area (Å²) >= 11 is 0. The third kappa shape index (κ3) is 4.36. The summed E-state index contributed by atoms with van der Waals surface area (Å²) in [5.41, 5.74) is 3.85. The standard InChI is InChI=1S/C26H31N3O2/c1-3-4-5-10-18(2)28-24(30)15-16-29-25(20-12-6-7-13-21(20)26(29)31)22-17-27-23-14-9-8-11-19(22)23/h6-9,11-14,17-18,25,27H,3-5,10,15-16H2,1-2H3,(H,28,30)/t18-,25+/m0/s1. The molecule has 1 aliphatic heterocycles. The van der Waals surface area contributed by atoms with Crippen LogP contribution in [0.1, 0.15) is 73.5 Å². The van der Waals surface area contributed by atoms with Crippen molar-refractivity contribution in [3.8, 4) is 0 Å². The average Bonchev–Trinajstić information content (AvgIpc) is 3.31. The van der Waals surface area contributed by atoms with Crippen molar-refractivity contribution < 1.29 is 9.59 Å². The predicted octanol–water partition coefficient (Wildman–Crippen LogP) is 5.19. The van der Waals surface area contributed by atoms with E-state index in [0.717, 1.165) is 40.4 Å². The molecule has 4 rings (SSSR count). The molecule has 2 amide bonds. The van der Waals surface area contributed by atoms with Gasteiger partial charge in [0.25, 0.3) is 5.91 Å². The van der Waals surface area contributed by atoms with Crippen LogP contribution < -0.4 is 5.32 Å². The highest BCUT2D eigenvalue weighted by Gasteiger charge is 2.38. The fourth-order valence-corrected chi connectivity index (χ4v) is 4.60. The van der Waals surface area contributed by atoms with E-state index in [2.05, 4.69) is 30.2 Å². The third-order valence-electron chi connectivity index (χ3n) is 6.20. The molecular formula is C26H31N3O2. The zero-order chi connectivity index (χ0) is 21.8. The Labute approximate surface area is 183 Å². The highest BCUT2D eigenvalue weighted by molar-refractivity contribution is 6.01. The number of carbonyl (C=O) groups is 2. The van der Waals surface area contributed by atoms with Gasteiger partial charge in [-0.1, -0.05) is 62.6 Å². The smallest absolute Gasteiger partial charge is 0.255 e. The molecule has 0 fully saturated rings. The molecule has 5 heteroatoms. The number of carbonyl (C=O) groups excluding carboxylic acids is 2. The number of unbranched alkanes of at least 4 members (excludes halogenated alkanes) is 2. The van der Waals surface area contributed by atoms with Crippen molar-refractivity contribution in [2.24, 2.45) is 0 Å². The van der Waals surface area contributed by atoms with Crippen molar-refractivity contribution in [1.29, 1.82) is 0 Å². The van der Waals surface area contributed by atoms with Crippen molar-refractivity contribution in [3.63, 3.8) is 0 Å².